The minimum absolute atomic E-state index is 0.745. The molecular formula is C8H8F4N2. The van der Waals surface area contributed by atoms with Gasteiger partial charge in [0.25, 0.3) is 6.43 Å². The van der Waals surface area contributed by atoms with Crippen molar-refractivity contribution >= 4 is 0 Å². The predicted molar refractivity (Wildman–Crippen MR) is 42.4 cm³/mol. The Labute approximate surface area is 77.7 Å². The van der Waals surface area contributed by atoms with Gasteiger partial charge in [0, 0.05) is 5.56 Å². The van der Waals surface area contributed by atoms with Crippen LogP contribution in [0.1, 0.15) is 11.6 Å². The second-order valence-electron chi connectivity index (χ2n) is 2.61. The Morgan fingerprint density at radius 1 is 1.14 bits per heavy atom. The summed E-state index contributed by atoms with van der Waals surface area (Å²) in [6.07, 6.45) is -2.98. The van der Waals surface area contributed by atoms with E-state index in [4.69, 9.17) is 5.84 Å². The van der Waals surface area contributed by atoms with Gasteiger partial charge in [-0.1, -0.05) is 6.07 Å². The largest absolute Gasteiger partial charge is 0.271 e. The van der Waals surface area contributed by atoms with E-state index < -0.39 is 29.7 Å². The van der Waals surface area contributed by atoms with Crippen LogP contribution in [0.5, 0.6) is 0 Å². The molecule has 0 saturated heterocycles. The molecule has 1 aromatic carbocycles. The van der Waals surface area contributed by atoms with Gasteiger partial charge >= 0.3 is 0 Å². The quantitative estimate of drug-likeness (QED) is 0.451. The van der Waals surface area contributed by atoms with Crippen molar-refractivity contribution in [3.05, 3.63) is 35.4 Å². The van der Waals surface area contributed by atoms with Crippen LogP contribution in [0.3, 0.4) is 0 Å². The fraction of sp³-hybridized carbons (Fsp3) is 0.250. The van der Waals surface area contributed by atoms with Crippen LogP contribution in [0.15, 0.2) is 18.2 Å². The standard InChI is InChI=1S/C8H8F4N2/c9-4-2-1-3-5(10)6(4)7(14-13)8(11)12/h1-3,7-8,14H,13H2. The van der Waals surface area contributed by atoms with Crippen molar-refractivity contribution in [2.24, 2.45) is 5.84 Å². The molecule has 3 N–H and O–H groups in total. The van der Waals surface area contributed by atoms with Crippen LogP contribution in [0.25, 0.3) is 0 Å². The van der Waals surface area contributed by atoms with Gasteiger partial charge in [-0.25, -0.2) is 23.0 Å². The number of nitrogens with one attached hydrogen (secondary N) is 1. The Morgan fingerprint density at radius 3 is 2.00 bits per heavy atom. The van der Waals surface area contributed by atoms with Crippen LogP contribution in [0.2, 0.25) is 0 Å². The van der Waals surface area contributed by atoms with Crippen molar-refractivity contribution in [3.8, 4) is 0 Å². The highest BCUT2D eigenvalue weighted by Gasteiger charge is 2.26. The highest BCUT2D eigenvalue weighted by molar-refractivity contribution is 5.23. The molecule has 0 aliphatic rings. The molecule has 14 heavy (non-hydrogen) atoms. The average molecular weight is 208 g/mol. The number of halogens is 4. The van der Waals surface area contributed by atoms with E-state index in [-0.39, 0.29) is 0 Å². The van der Waals surface area contributed by atoms with Gasteiger partial charge in [-0.3, -0.25) is 5.84 Å². The van der Waals surface area contributed by atoms with Crippen molar-refractivity contribution in [2.45, 2.75) is 12.5 Å². The molecule has 78 valence electrons. The van der Waals surface area contributed by atoms with Gasteiger partial charge < -0.3 is 0 Å². The minimum atomic E-state index is -2.98. The van der Waals surface area contributed by atoms with Gasteiger partial charge in [-0.05, 0) is 12.1 Å². The summed E-state index contributed by atoms with van der Waals surface area (Å²) in [4.78, 5) is 0. The van der Waals surface area contributed by atoms with Gasteiger partial charge in [0.1, 0.15) is 17.7 Å². The van der Waals surface area contributed by atoms with Crippen LogP contribution < -0.4 is 11.3 Å². The predicted octanol–water partition coefficient (Wildman–Crippen LogP) is 1.73. The van der Waals surface area contributed by atoms with Gasteiger partial charge in [0.2, 0.25) is 0 Å². The second-order valence-corrected chi connectivity index (χ2v) is 2.61. The molecule has 0 amide bonds. The van der Waals surface area contributed by atoms with Crippen LogP contribution in [0.4, 0.5) is 17.6 Å². The van der Waals surface area contributed by atoms with E-state index in [1.54, 1.807) is 5.43 Å². The Hall–Kier alpha value is -1.14. The lowest BCUT2D eigenvalue weighted by Gasteiger charge is -2.16. The summed E-state index contributed by atoms with van der Waals surface area (Å²) in [5.74, 6) is 2.68. The maximum Gasteiger partial charge on any atom is 0.259 e. The molecule has 1 rings (SSSR count). The molecule has 0 aliphatic carbocycles. The number of hydrogen-bond donors (Lipinski definition) is 2. The number of alkyl halides is 2. The normalized spacial score (nSPS) is 13.3. The summed E-state index contributed by atoms with van der Waals surface area (Å²) in [5.41, 5.74) is 0.924. The number of rotatable bonds is 3. The van der Waals surface area contributed by atoms with E-state index in [1.165, 1.54) is 0 Å². The fourth-order valence-corrected chi connectivity index (χ4v) is 1.09. The summed E-state index contributed by atoms with van der Waals surface area (Å²) in [6.45, 7) is 0. The highest BCUT2D eigenvalue weighted by Crippen LogP contribution is 2.24. The zero-order valence-electron chi connectivity index (χ0n) is 6.98. The van der Waals surface area contributed by atoms with Crippen LogP contribution >= 0.6 is 0 Å². The van der Waals surface area contributed by atoms with Crippen molar-refractivity contribution in [1.82, 2.24) is 5.43 Å². The number of hydrogen-bond acceptors (Lipinski definition) is 2. The first-order chi connectivity index (χ1) is 6.57. The third-order valence-electron chi connectivity index (χ3n) is 1.74. The van der Waals surface area contributed by atoms with E-state index in [0.717, 1.165) is 18.2 Å². The molecule has 0 fully saturated rings. The molecule has 0 bridgehead atoms. The van der Waals surface area contributed by atoms with Crippen molar-refractivity contribution in [1.29, 1.82) is 0 Å². The third kappa shape index (κ3) is 2.02. The monoisotopic (exact) mass is 208 g/mol. The molecule has 0 radical (unpaired) electrons. The SMILES string of the molecule is NNC(c1c(F)cccc1F)C(F)F. The number of nitrogens with two attached hydrogens (primary N) is 1. The summed E-state index contributed by atoms with van der Waals surface area (Å²) >= 11 is 0. The Morgan fingerprint density at radius 2 is 1.64 bits per heavy atom. The van der Waals surface area contributed by atoms with Gasteiger partial charge in [-0.15, -0.1) is 0 Å². The molecule has 0 aliphatic heterocycles. The summed E-state index contributed by atoms with van der Waals surface area (Å²) < 4.78 is 50.5. The second kappa shape index (κ2) is 4.39. The van der Waals surface area contributed by atoms with E-state index in [9.17, 15) is 17.6 Å². The smallest absolute Gasteiger partial charge is 0.259 e. The molecule has 0 saturated carbocycles. The van der Waals surface area contributed by atoms with Crippen molar-refractivity contribution in [2.75, 3.05) is 0 Å². The first-order valence-electron chi connectivity index (χ1n) is 3.76. The molecule has 0 spiro atoms. The lowest BCUT2D eigenvalue weighted by Crippen LogP contribution is -2.34. The van der Waals surface area contributed by atoms with Gasteiger partial charge in [0.05, 0.1) is 0 Å². The van der Waals surface area contributed by atoms with Crippen LogP contribution in [-0.4, -0.2) is 6.43 Å². The molecule has 1 atom stereocenters. The van der Waals surface area contributed by atoms with E-state index in [0.29, 0.717) is 0 Å². The van der Waals surface area contributed by atoms with E-state index >= 15 is 0 Å². The minimum Gasteiger partial charge on any atom is -0.271 e. The highest BCUT2D eigenvalue weighted by atomic mass is 19.3. The van der Waals surface area contributed by atoms with Gasteiger partial charge in [0.15, 0.2) is 0 Å². The maximum absolute atomic E-state index is 13.0. The van der Waals surface area contributed by atoms with Crippen molar-refractivity contribution < 1.29 is 17.6 Å². The summed E-state index contributed by atoms with van der Waals surface area (Å²) in [6, 6.07) is 1.04. The average Bonchev–Trinajstić information content (AvgIpc) is 2.10. The zero-order valence-corrected chi connectivity index (χ0v) is 6.98. The van der Waals surface area contributed by atoms with Gasteiger partial charge in [-0.2, -0.15) is 0 Å². The summed E-state index contributed by atoms with van der Waals surface area (Å²) in [5, 5.41) is 0. The van der Waals surface area contributed by atoms with Crippen LogP contribution in [0, 0.1) is 11.6 Å². The Kier molecular flexibility index (Phi) is 3.43. The molecule has 2 nitrogen and oxygen atoms in total. The molecule has 0 aromatic heterocycles. The summed E-state index contributed by atoms with van der Waals surface area (Å²) in [7, 11) is 0. The van der Waals surface area contributed by atoms with E-state index in [1.807, 2.05) is 0 Å². The van der Waals surface area contributed by atoms with E-state index in [2.05, 4.69) is 0 Å². The molecule has 6 heteroatoms. The topological polar surface area (TPSA) is 38.0 Å². The fourth-order valence-electron chi connectivity index (χ4n) is 1.09. The lowest BCUT2D eigenvalue weighted by atomic mass is 10.1. The first kappa shape index (κ1) is 10.9. The molecule has 1 unspecified atom stereocenters. The zero-order chi connectivity index (χ0) is 10.7. The Balaban J connectivity index is 3.15. The third-order valence-corrected chi connectivity index (χ3v) is 1.74. The molecule has 1 aromatic rings. The number of benzene rings is 1. The first-order valence-corrected chi connectivity index (χ1v) is 3.76. The van der Waals surface area contributed by atoms with Crippen LogP contribution in [-0.2, 0) is 0 Å². The maximum atomic E-state index is 13.0. The Bertz CT molecular complexity index is 296. The lowest BCUT2D eigenvalue weighted by molar-refractivity contribution is 0.0949. The molecule has 0 heterocycles. The number of hydrazine groups is 1. The molecular weight excluding hydrogens is 200 g/mol. The van der Waals surface area contributed by atoms with Crippen molar-refractivity contribution in [3.63, 3.8) is 0 Å².